The molecule has 4 rings (SSSR count). The number of benzene rings is 1. The van der Waals surface area contributed by atoms with E-state index in [1.165, 1.54) is 6.92 Å². The van der Waals surface area contributed by atoms with Crippen molar-refractivity contribution in [3.63, 3.8) is 0 Å². The van der Waals surface area contributed by atoms with Gasteiger partial charge in [-0.2, -0.15) is 13.2 Å². The maximum absolute atomic E-state index is 13.5. The van der Waals surface area contributed by atoms with Gasteiger partial charge in [0, 0.05) is 31.1 Å². The Morgan fingerprint density at radius 3 is 2.69 bits per heavy atom. The number of rotatable bonds is 7. The van der Waals surface area contributed by atoms with Gasteiger partial charge in [0.05, 0.1) is 6.61 Å². The maximum Gasteiger partial charge on any atom is 0.479 e. The van der Waals surface area contributed by atoms with Gasteiger partial charge in [-0.05, 0) is 19.3 Å². The van der Waals surface area contributed by atoms with Crippen LogP contribution in [0.1, 0.15) is 43.0 Å². The van der Waals surface area contributed by atoms with E-state index in [1.54, 1.807) is 0 Å². The first kappa shape index (κ1) is 25.9. The van der Waals surface area contributed by atoms with Gasteiger partial charge in [-0.15, -0.1) is 0 Å². The molecule has 1 aliphatic carbocycles. The lowest BCUT2D eigenvalue weighted by atomic mass is 9.75. The Balaban J connectivity index is 1.63. The Hall–Kier alpha value is -2.15. The van der Waals surface area contributed by atoms with Crippen LogP contribution in [0.5, 0.6) is 17.2 Å². The van der Waals surface area contributed by atoms with Crippen molar-refractivity contribution in [2.45, 2.75) is 50.0 Å². The smallest absolute Gasteiger partial charge is 0.479 e. The number of aliphatic hydroxyl groups excluding tert-OH is 1. The van der Waals surface area contributed by atoms with Crippen LogP contribution < -0.4 is 13.7 Å². The van der Waals surface area contributed by atoms with Crippen molar-refractivity contribution in [2.75, 3.05) is 19.8 Å². The number of alkyl halides is 3. The van der Waals surface area contributed by atoms with Crippen LogP contribution in [0.15, 0.2) is 17.9 Å². The third kappa shape index (κ3) is 5.20. The highest BCUT2D eigenvalue weighted by atomic mass is 35.5. The van der Waals surface area contributed by atoms with Crippen LogP contribution in [0.25, 0.3) is 0 Å². The Bertz CT molecular complexity index is 1040. The lowest BCUT2D eigenvalue weighted by molar-refractivity contribution is -0.165. The Morgan fingerprint density at radius 1 is 1.26 bits per heavy atom. The van der Waals surface area contributed by atoms with Gasteiger partial charge in [0.15, 0.2) is 35.6 Å². The summed E-state index contributed by atoms with van der Waals surface area (Å²) >= 11 is 5.47. The standard InChI is InChI=1S/C22H22ClF3O8S/c1-11-8-12(27)9-15(28)21(11)20(29)17-13(30-6-7-32-16-4-2-3-5-31-16)10-14(18(23)19(17)33-21)34-35-22(24,25)26/h9-11,16,28H,2-8H2,1H3/t11-,16?,21?/m1/s1. The Morgan fingerprint density at radius 2 is 2.03 bits per heavy atom. The number of fused-ring (bicyclic) bond motifs is 1. The molecule has 0 saturated carbocycles. The fourth-order valence-electron chi connectivity index (χ4n) is 4.24. The Kier molecular flexibility index (Phi) is 7.46. The van der Waals surface area contributed by atoms with Crippen molar-refractivity contribution in [3.05, 3.63) is 28.5 Å². The van der Waals surface area contributed by atoms with Crippen molar-refractivity contribution >= 4 is 35.2 Å². The summed E-state index contributed by atoms with van der Waals surface area (Å²) in [4.78, 5) is 25.4. The van der Waals surface area contributed by atoms with Gasteiger partial charge in [-0.25, -0.2) is 0 Å². The van der Waals surface area contributed by atoms with Gasteiger partial charge in [0.25, 0.3) is 0 Å². The topological polar surface area (TPSA) is 101 Å². The molecule has 0 radical (unpaired) electrons. The normalized spacial score (nSPS) is 26.4. The van der Waals surface area contributed by atoms with E-state index >= 15 is 0 Å². The molecule has 1 N–H and O–H groups in total. The minimum absolute atomic E-state index is 0.0735. The molecule has 2 heterocycles. The lowest BCUT2D eigenvalue weighted by Crippen LogP contribution is -2.51. The second-order valence-electron chi connectivity index (χ2n) is 8.29. The zero-order valence-corrected chi connectivity index (χ0v) is 20.1. The molecule has 35 heavy (non-hydrogen) atoms. The predicted molar refractivity (Wildman–Crippen MR) is 118 cm³/mol. The number of hydrogen-bond acceptors (Lipinski definition) is 9. The van der Waals surface area contributed by atoms with Gasteiger partial charge in [0.1, 0.15) is 28.7 Å². The monoisotopic (exact) mass is 538 g/mol. The van der Waals surface area contributed by atoms with Crippen molar-refractivity contribution < 1.29 is 51.0 Å². The van der Waals surface area contributed by atoms with Crippen LogP contribution in [0, 0.1) is 5.92 Å². The third-order valence-corrected chi connectivity index (χ3v) is 6.68. The summed E-state index contributed by atoms with van der Waals surface area (Å²) in [5.74, 6) is -3.45. The summed E-state index contributed by atoms with van der Waals surface area (Å²) in [5.41, 5.74) is -6.86. The van der Waals surface area contributed by atoms with Crippen LogP contribution in [-0.2, 0) is 14.3 Å². The maximum atomic E-state index is 13.5. The quantitative estimate of drug-likeness (QED) is 0.372. The van der Waals surface area contributed by atoms with E-state index in [4.69, 9.17) is 34.7 Å². The molecule has 3 aliphatic rings. The molecular weight excluding hydrogens is 517 g/mol. The summed E-state index contributed by atoms with van der Waals surface area (Å²) in [7, 11) is 0. The molecule has 3 atom stereocenters. The van der Waals surface area contributed by atoms with Crippen LogP contribution in [0.3, 0.4) is 0 Å². The zero-order chi connectivity index (χ0) is 25.4. The summed E-state index contributed by atoms with van der Waals surface area (Å²) in [6.07, 6.45) is 3.04. The van der Waals surface area contributed by atoms with E-state index in [0.29, 0.717) is 6.61 Å². The van der Waals surface area contributed by atoms with E-state index in [-0.39, 0.29) is 43.0 Å². The lowest BCUT2D eigenvalue weighted by Gasteiger charge is -2.34. The number of ketones is 2. The predicted octanol–water partition coefficient (Wildman–Crippen LogP) is 5.17. The molecule has 0 bridgehead atoms. The molecule has 0 aromatic heterocycles. The van der Waals surface area contributed by atoms with Gasteiger partial charge in [0.2, 0.25) is 11.4 Å². The van der Waals surface area contributed by atoms with E-state index in [1.807, 2.05) is 0 Å². The first-order chi connectivity index (χ1) is 16.5. The number of carbonyl (C=O) groups excluding carboxylic acids is 2. The summed E-state index contributed by atoms with van der Waals surface area (Å²) in [6.45, 7) is 2.12. The molecular formula is C22H22ClF3O8S. The minimum Gasteiger partial charge on any atom is -0.507 e. The average Bonchev–Trinajstić information content (AvgIpc) is 3.11. The van der Waals surface area contributed by atoms with E-state index in [0.717, 1.165) is 31.4 Å². The van der Waals surface area contributed by atoms with Gasteiger partial charge in [-0.1, -0.05) is 18.5 Å². The second kappa shape index (κ2) is 10.1. The van der Waals surface area contributed by atoms with Crippen LogP contribution in [0.2, 0.25) is 5.02 Å². The number of aliphatic hydroxyl groups is 1. The first-order valence-electron chi connectivity index (χ1n) is 10.9. The molecule has 1 saturated heterocycles. The largest absolute Gasteiger partial charge is 0.507 e. The van der Waals surface area contributed by atoms with Crippen LogP contribution in [-0.4, -0.2) is 53.9 Å². The molecule has 1 fully saturated rings. The van der Waals surface area contributed by atoms with Crippen molar-refractivity contribution in [1.29, 1.82) is 0 Å². The number of allylic oxidation sites excluding steroid dienone is 1. The second-order valence-corrected chi connectivity index (χ2v) is 9.46. The number of halogens is 4. The molecule has 1 aromatic carbocycles. The third-order valence-electron chi connectivity index (χ3n) is 5.87. The summed E-state index contributed by atoms with van der Waals surface area (Å²) < 4.78 is 65.5. The van der Waals surface area contributed by atoms with Crippen molar-refractivity contribution in [1.82, 2.24) is 0 Å². The highest BCUT2D eigenvalue weighted by Crippen LogP contribution is 2.54. The van der Waals surface area contributed by atoms with Gasteiger partial charge < -0.3 is 28.2 Å². The van der Waals surface area contributed by atoms with E-state index in [2.05, 4.69) is 0 Å². The van der Waals surface area contributed by atoms with E-state index in [9.17, 15) is 27.9 Å². The first-order valence-corrected chi connectivity index (χ1v) is 12.0. The molecule has 1 aromatic rings. The van der Waals surface area contributed by atoms with Crippen molar-refractivity contribution in [3.8, 4) is 17.2 Å². The fraction of sp³-hybridized carbons (Fsp3) is 0.545. The Labute approximate surface area is 207 Å². The molecule has 192 valence electrons. The summed E-state index contributed by atoms with van der Waals surface area (Å²) in [5, 5.41) is 10.2. The fourth-order valence-corrected chi connectivity index (χ4v) is 4.83. The van der Waals surface area contributed by atoms with Crippen molar-refractivity contribution in [2.24, 2.45) is 5.92 Å². The SMILES string of the molecule is C[C@@H]1CC(=O)C=C(O)C12Oc1c(Cl)c(OSC(F)(F)F)cc(OCCOC3CCCCO3)c1C2=O. The molecule has 2 aliphatic heterocycles. The van der Waals surface area contributed by atoms with E-state index < -0.39 is 57.2 Å². The van der Waals surface area contributed by atoms with Crippen LogP contribution in [0.4, 0.5) is 13.2 Å². The van der Waals surface area contributed by atoms with Crippen LogP contribution >= 0.6 is 23.6 Å². The average molecular weight is 539 g/mol. The number of ether oxygens (including phenoxy) is 4. The minimum atomic E-state index is -4.73. The molecule has 2 unspecified atom stereocenters. The highest BCUT2D eigenvalue weighted by Gasteiger charge is 2.59. The number of Topliss-reactive ketones (excluding diaryl/α,β-unsaturated/α-hetero) is 1. The highest BCUT2D eigenvalue weighted by molar-refractivity contribution is 7.95. The van der Waals surface area contributed by atoms with Gasteiger partial charge >= 0.3 is 5.51 Å². The molecule has 13 heteroatoms. The van der Waals surface area contributed by atoms with Gasteiger partial charge in [-0.3, -0.25) is 9.59 Å². The molecule has 1 spiro atoms. The molecule has 0 amide bonds. The number of hydrogen-bond donors (Lipinski definition) is 1. The summed E-state index contributed by atoms with van der Waals surface area (Å²) in [6, 6.07) is 1.05. The molecule has 8 nitrogen and oxygen atoms in total. The zero-order valence-electron chi connectivity index (χ0n) is 18.5. The number of carbonyl (C=O) groups is 2.